The van der Waals surface area contributed by atoms with Crippen molar-refractivity contribution in [2.45, 2.75) is 38.8 Å². The normalized spacial score (nSPS) is 19.8. The zero-order valence-corrected chi connectivity index (χ0v) is 17.5. The van der Waals surface area contributed by atoms with E-state index in [1.54, 1.807) is 18.0 Å². The molecule has 1 N–H and O–H groups in total. The van der Waals surface area contributed by atoms with Gasteiger partial charge in [-0.05, 0) is 44.4 Å². The molecular weight excluding hydrogens is 380 g/mol. The number of hydrogen-bond donors (Lipinski definition) is 1. The number of rotatable bonds is 4. The van der Waals surface area contributed by atoms with Gasteiger partial charge in [-0.15, -0.1) is 0 Å². The van der Waals surface area contributed by atoms with Crippen molar-refractivity contribution in [2.24, 2.45) is 0 Å². The lowest BCUT2D eigenvalue weighted by Gasteiger charge is -2.22. The number of carbonyl (C=O) groups is 2. The van der Waals surface area contributed by atoms with E-state index in [4.69, 9.17) is 4.74 Å². The van der Waals surface area contributed by atoms with E-state index in [0.717, 1.165) is 29.8 Å². The highest BCUT2D eigenvalue weighted by molar-refractivity contribution is 5.96. The number of fused-ring (bicyclic) bond motifs is 1. The highest BCUT2D eigenvalue weighted by Crippen LogP contribution is 2.26. The van der Waals surface area contributed by atoms with Crippen LogP contribution in [-0.2, 0) is 9.53 Å². The molecule has 156 valence electrons. The molecule has 7 nitrogen and oxygen atoms in total. The first kappa shape index (κ1) is 19.9. The monoisotopic (exact) mass is 406 g/mol. The Bertz CT molecular complexity index is 1020. The number of likely N-dealkylation sites (N-methyl/N-ethyl adjacent to an activating group) is 1. The summed E-state index contributed by atoms with van der Waals surface area (Å²) in [4.78, 5) is 27.3. The average Bonchev–Trinajstić information content (AvgIpc) is 3.12. The van der Waals surface area contributed by atoms with Crippen molar-refractivity contribution < 1.29 is 14.3 Å². The summed E-state index contributed by atoms with van der Waals surface area (Å²) in [6.45, 7) is 4.05. The van der Waals surface area contributed by atoms with Crippen LogP contribution in [0.3, 0.4) is 0 Å². The molecule has 0 radical (unpaired) electrons. The topological polar surface area (TPSA) is 76.5 Å². The van der Waals surface area contributed by atoms with E-state index in [1.165, 1.54) is 0 Å². The minimum atomic E-state index is -0.771. The van der Waals surface area contributed by atoms with Gasteiger partial charge in [0.05, 0.1) is 11.7 Å². The Morgan fingerprint density at radius 3 is 2.73 bits per heavy atom. The fraction of sp³-hybridized carbons (Fsp3) is 0.348. The van der Waals surface area contributed by atoms with Gasteiger partial charge in [0, 0.05) is 12.7 Å². The van der Waals surface area contributed by atoms with E-state index >= 15 is 0 Å². The van der Waals surface area contributed by atoms with Crippen LogP contribution in [0.25, 0.3) is 0 Å². The minimum Gasteiger partial charge on any atom is -0.489 e. The second-order valence-electron chi connectivity index (χ2n) is 7.67. The lowest BCUT2D eigenvalue weighted by molar-refractivity contribution is -0.129. The number of aromatic nitrogens is 2. The number of ether oxygens (including phenoxy) is 1. The molecule has 0 saturated carbocycles. The number of nitrogens with zero attached hydrogens (tertiary/aromatic N) is 3. The molecular formula is C23H26N4O3. The van der Waals surface area contributed by atoms with Gasteiger partial charge in [0.25, 0.3) is 11.8 Å². The summed E-state index contributed by atoms with van der Waals surface area (Å²) in [6, 6.07) is 11.0. The highest BCUT2D eigenvalue weighted by Gasteiger charge is 2.33. The van der Waals surface area contributed by atoms with Crippen molar-refractivity contribution in [3.05, 3.63) is 77.0 Å². The highest BCUT2D eigenvalue weighted by atomic mass is 16.5. The first-order valence-corrected chi connectivity index (χ1v) is 10.2. The summed E-state index contributed by atoms with van der Waals surface area (Å²) in [5.74, 6) is 0.111. The predicted molar refractivity (Wildman–Crippen MR) is 113 cm³/mol. The van der Waals surface area contributed by atoms with Gasteiger partial charge in [-0.1, -0.05) is 36.4 Å². The lowest BCUT2D eigenvalue weighted by atomic mass is 10.1. The third-order valence-electron chi connectivity index (χ3n) is 5.59. The first-order valence-electron chi connectivity index (χ1n) is 10.2. The van der Waals surface area contributed by atoms with Crippen LogP contribution < -0.4 is 5.32 Å². The molecule has 1 saturated heterocycles. The molecule has 4 rings (SSSR count). The van der Waals surface area contributed by atoms with E-state index in [0.29, 0.717) is 5.76 Å². The molecule has 2 atom stereocenters. The molecule has 2 heterocycles. The second kappa shape index (κ2) is 8.18. The van der Waals surface area contributed by atoms with Crippen LogP contribution in [0.5, 0.6) is 0 Å². The molecule has 1 aromatic carbocycles. The molecule has 0 bridgehead atoms. The average molecular weight is 406 g/mol. The third kappa shape index (κ3) is 3.75. The van der Waals surface area contributed by atoms with Gasteiger partial charge in [-0.3, -0.25) is 14.3 Å². The zero-order valence-electron chi connectivity index (χ0n) is 17.5. The number of aryl methyl sites for hydroxylation is 1. The van der Waals surface area contributed by atoms with Crippen molar-refractivity contribution in [3.8, 4) is 0 Å². The maximum atomic E-state index is 12.9. The minimum absolute atomic E-state index is 0.0104. The third-order valence-corrected chi connectivity index (χ3v) is 5.59. The number of nitrogens with one attached hydrogen (secondary N) is 1. The number of benzene rings is 1. The van der Waals surface area contributed by atoms with Crippen LogP contribution in [0.15, 0.2) is 60.0 Å². The van der Waals surface area contributed by atoms with E-state index in [9.17, 15) is 9.59 Å². The second-order valence-corrected chi connectivity index (χ2v) is 7.67. The fourth-order valence-electron chi connectivity index (χ4n) is 3.87. The number of carbonyl (C=O) groups excluding carboxylic acids is 2. The molecule has 1 aliphatic heterocycles. The molecule has 2 aliphatic rings. The Morgan fingerprint density at radius 2 is 1.97 bits per heavy atom. The first-order chi connectivity index (χ1) is 14.5. The Hall–Kier alpha value is -3.35. The molecule has 1 unspecified atom stereocenters. The van der Waals surface area contributed by atoms with Gasteiger partial charge in [-0.2, -0.15) is 5.10 Å². The zero-order chi connectivity index (χ0) is 21.3. The van der Waals surface area contributed by atoms with Crippen LogP contribution in [-0.4, -0.2) is 46.2 Å². The fourth-order valence-corrected chi connectivity index (χ4v) is 3.87. The number of amides is 2. The van der Waals surface area contributed by atoms with Crippen LogP contribution in [0, 0.1) is 6.92 Å². The molecule has 30 heavy (non-hydrogen) atoms. The molecule has 1 fully saturated rings. The van der Waals surface area contributed by atoms with Gasteiger partial charge < -0.3 is 15.0 Å². The van der Waals surface area contributed by atoms with Crippen LogP contribution >= 0.6 is 0 Å². The van der Waals surface area contributed by atoms with Gasteiger partial charge in [0.2, 0.25) is 0 Å². The van der Waals surface area contributed by atoms with Crippen molar-refractivity contribution in [3.63, 3.8) is 0 Å². The maximum Gasteiger partial charge on any atom is 0.272 e. The van der Waals surface area contributed by atoms with Crippen LogP contribution in [0.2, 0.25) is 0 Å². The summed E-state index contributed by atoms with van der Waals surface area (Å²) in [5, 5.41) is 7.31. The Balaban J connectivity index is 1.51. The summed E-state index contributed by atoms with van der Waals surface area (Å²) in [5.41, 5.74) is 3.03. The standard InChI is InChI=1S/C23H26N4O3/c1-15-13-18(25-27(15)16(2)17-9-5-4-6-10-17)22(28)24-19-14-30-21-12-8-7-11-20(21)26(3)23(19)29/h4-6,9-13,16,19H,7-8,14H2,1-3H3,(H,24,28)/t16?,19-/m0/s1. The largest absolute Gasteiger partial charge is 0.489 e. The van der Waals surface area contributed by atoms with Crippen molar-refractivity contribution in [1.29, 1.82) is 0 Å². The quantitative estimate of drug-likeness (QED) is 0.847. The molecule has 2 aromatic rings. The summed E-state index contributed by atoms with van der Waals surface area (Å²) >= 11 is 0. The summed E-state index contributed by atoms with van der Waals surface area (Å²) in [6.07, 6.45) is 5.73. The molecule has 1 aromatic heterocycles. The van der Waals surface area contributed by atoms with Crippen LogP contribution in [0.1, 0.15) is 47.6 Å². The van der Waals surface area contributed by atoms with Crippen molar-refractivity contribution in [1.82, 2.24) is 20.0 Å². The Kier molecular flexibility index (Phi) is 5.44. The maximum absolute atomic E-state index is 12.9. The number of hydrogen-bond acceptors (Lipinski definition) is 4. The Morgan fingerprint density at radius 1 is 1.23 bits per heavy atom. The molecule has 0 spiro atoms. The molecule has 2 amide bonds. The van der Waals surface area contributed by atoms with E-state index in [1.807, 2.05) is 61.0 Å². The van der Waals surface area contributed by atoms with Crippen molar-refractivity contribution >= 4 is 11.8 Å². The van der Waals surface area contributed by atoms with Crippen molar-refractivity contribution in [2.75, 3.05) is 13.7 Å². The molecule has 1 aliphatic carbocycles. The summed E-state index contributed by atoms with van der Waals surface area (Å²) < 4.78 is 7.64. The predicted octanol–water partition coefficient (Wildman–Crippen LogP) is 2.95. The summed E-state index contributed by atoms with van der Waals surface area (Å²) in [7, 11) is 1.71. The van der Waals surface area contributed by atoms with Crippen LogP contribution in [0.4, 0.5) is 0 Å². The SMILES string of the molecule is Cc1cc(C(=O)N[C@H]2COC3=CCCC=C3N(C)C2=O)nn1C(C)c1ccccc1. The smallest absolute Gasteiger partial charge is 0.272 e. The van der Waals surface area contributed by atoms with Gasteiger partial charge in [-0.25, -0.2) is 0 Å². The Labute approximate surface area is 176 Å². The number of allylic oxidation sites excluding steroid dienone is 2. The lowest BCUT2D eigenvalue weighted by Crippen LogP contribution is -2.48. The van der Waals surface area contributed by atoms with Gasteiger partial charge in [0.1, 0.15) is 24.1 Å². The molecule has 7 heteroatoms. The van der Waals surface area contributed by atoms with Gasteiger partial charge >= 0.3 is 0 Å². The van der Waals surface area contributed by atoms with E-state index in [2.05, 4.69) is 10.4 Å². The van der Waals surface area contributed by atoms with E-state index in [-0.39, 0.29) is 30.2 Å². The van der Waals surface area contributed by atoms with E-state index < -0.39 is 6.04 Å². The van der Waals surface area contributed by atoms with Gasteiger partial charge in [0.15, 0.2) is 0 Å².